The zero-order valence-corrected chi connectivity index (χ0v) is 9.36. The molecule has 0 fully saturated rings. The van der Waals surface area contributed by atoms with Crippen molar-refractivity contribution in [1.29, 1.82) is 10.7 Å². The highest BCUT2D eigenvalue weighted by Gasteiger charge is 2.01. The topological polar surface area (TPSA) is 135 Å². The van der Waals surface area contributed by atoms with Gasteiger partial charge in [0.25, 0.3) is 0 Å². The van der Waals surface area contributed by atoms with Gasteiger partial charge in [-0.05, 0) is 24.3 Å². The summed E-state index contributed by atoms with van der Waals surface area (Å²) in [6.07, 6.45) is 0. The van der Waals surface area contributed by atoms with Gasteiger partial charge in [0, 0.05) is 0 Å². The highest BCUT2D eigenvalue weighted by atomic mass is 32.2. The molecule has 1 unspecified atom stereocenters. The van der Waals surface area contributed by atoms with E-state index in [9.17, 15) is 4.21 Å². The molecular weight excluding hydrogens is 242 g/mol. The summed E-state index contributed by atoms with van der Waals surface area (Å²) in [5, 5.41) is 19.2. The van der Waals surface area contributed by atoms with Crippen molar-refractivity contribution in [3.05, 3.63) is 24.3 Å². The number of anilines is 1. The summed E-state index contributed by atoms with van der Waals surface area (Å²) in [5.41, 5.74) is 7.87. The second-order valence-corrected chi connectivity index (χ2v) is 3.84. The number of hydrazone groups is 1. The molecule has 7 nitrogen and oxygen atoms in total. The van der Waals surface area contributed by atoms with Crippen molar-refractivity contribution < 1.29 is 8.76 Å². The van der Waals surface area contributed by atoms with Gasteiger partial charge < -0.3 is 10.3 Å². The zero-order chi connectivity index (χ0) is 12.8. The molecule has 1 atom stereocenters. The van der Waals surface area contributed by atoms with Crippen LogP contribution < -0.4 is 11.2 Å². The molecule has 0 spiro atoms. The average molecular weight is 251 g/mol. The molecule has 1 rings (SSSR count). The van der Waals surface area contributed by atoms with Crippen LogP contribution in [0.15, 0.2) is 34.3 Å². The molecule has 0 amide bonds. The van der Waals surface area contributed by atoms with Crippen LogP contribution in [-0.4, -0.2) is 20.3 Å². The van der Waals surface area contributed by atoms with E-state index in [-0.39, 0.29) is 10.6 Å². The normalized spacial score (nSPS) is 12.6. The van der Waals surface area contributed by atoms with E-state index in [1.807, 2.05) is 0 Å². The molecule has 17 heavy (non-hydrogen) atoms. The number of rotatable bonds is 4. The first-order valence-electron chi connectivity index (χ1n) is 4.33. The van der Waals surface area contributed by atoms with Crippen LogP contribution in [0.3, 0.4) is 0 Å². The van der Waals surface area contributed by atoms with Gasteiger partial charge in [-0.1, -0.05) is 0 Å². The second-order valence-electron chi connectivity index (χ2n) is 2.87. The first-order chi connectivity index (χ1) is 8.04. The minimum absolute atomic E-state index is 0.236. The molecule has 0 heterocycles. The predicted molar refractivity (Wildman–Crippen MR) is 64.1 cm³/mol. The molecule has 8 heteroatoms. The number of nitrogens with two attached hydrogens (primary N) is 1. The summed E-state index contributed by atoms with van der Waals surface area (Å²) >= 11 is -2.03. The minimum atomic E-state index is -2.03. The van der Waals surface area contributed by atoms with E-state index >= 15 is 0 Å². The van der Waals surface area contributed by atoms with Crippen LogP contribution in [0.25, 0.3) is 0 Å². The number of nitrogens with zero attached hydrogens (tertiary/aromatic N) is 2. The summed E-state index contributed by atoms with van der Waals surface area (Å²) in [5.74, 6) is -0.437. The van der Waals surface area contributed by atoms with E-state index < -0.39 is 16.9 Å². The SMILES string of the molecule is N#C/C(=N\Nc1ccc(S(=O)O)cc1)C(=N)N. The molecule has 0 aromatic heterocycles. The molecule has 0 bridgehead atoms. The summed E-state index contributed by atoms with van der Waals surface area (Å²) in [6.45, 7) is 0. The molecule has 88 valence electrons. The van der Waals surface area contributed by atoms with Gasteiger partial charge in [0.1, 0.15) is 6.07 Å². The maximum Gasteiger partial charge on any atom is 0.201 e. The first-order valence-corrected chi connectivity index (χ1v) is 5.44. The second kappa shape index (κ2) is 5.74. The summed E-state index contributed by atoms with van der Waals surface area (Å²) in [6, 6.07) is 7.56. The van der Waals surface area contributed by atoms with Crippen molar-refractivity contribution in [2.24, 2.45) is 10.8 Å². The lowest BCUT2D eigenvalue weighted by Gasteiger charge is -2.01. The van der Waals surface area contributed by atoms with Gasteiger partial charge in [0.2, 0.25) is 5.71 Å². The van der Waals surface area contributed by atoms with Gasteiger partial charge in [-0.15, -0.1) is 0 Å². The van der Waals surface area contributed by atoms with E-state index in [4.69, 9.17) is 21.0 Å². The van der Waals surface area contributed by atoms with Crippen LogP contribution in [0.2, 0.25) is 0 Å². The molecule has 5 N–H and O–H groups in total. The molecule has 0 aliphatic carbocycles. The van der Waals surface area contributed by atoms with Crippen LogP contribution in [-0.2, 0) is 11.1 Å². The third-order valence-corrected chi connectivity index (χ3v) is 2.39. The fourth-order valence-electron chi connectivity index (χ4n) is 0.912. The molecular formula is C9H9N5O2S. The average Bonchev–Trinajstić information content (AvgIpc) is 2.30. The number of hydrogen-bond acceptors (Lipinski definition) is 5. The number of benzene rings is 1. The van der Waals surface area contributed by atoms with E-state index in [2.05, 4.69) is 10.5 Å². The summed E-state index contributed by atoms with van der Waals surface area (Å²) in [4.78, 5) is 0.256. The molecule has 1 aromatic rings. The van der Waals surface area contributed by atoms with E-state index in [1.54, 1.807) is 6.07 Å². The van der Waals surface area contributed by atoms with Crippen molar-refractivity contribution in [2.75, 3.05) is 5.43 Å². The number of nitrogens with one attached hydrogen (secondary N) is 2. The maximum absolute atomic E-state index is 10.7. The Morgan fingerprint density at radius 1 is 1.53 bits per heavy atom. The molecule has 1 aromatic carbocycles. The number of nitriles is 1. The van der Waals surface area contributed by atoms with Crippen LogP contribution in [0.1, 0.15) is 0 Å². The molecule has 0 aliphatic heterocycles. The summed E-state index contributed by atoms with van der Waals surface area (Å²) in [7, 11) is 0. The van der Waals surface area contributed by atoms with E-state index in [0.29, 0.717) is 5.69 Å². The van der Waals surface area contributed by atoms with Crippen molar-refractivity contribution in [1.82, 2.24) is 0 Å². The largest absolute Gasteiger partial charge is 0.382 e. The Bertz CT molecular complexity index is 517. The predicted octanol–water partition coefficient (Wildman–Crippen LogP) is 0.495. The Kier molecular flexibility index (Phi) is 4.33. The Hall–Kier alpha value is -2.24. The van der Waals surface area contributed by atoms with Crippen molar-refractivity contribution >= 4 is 28.3 Å². The van der Waals surface area contributed by atoms with Crippen molar-refractivity contribution in [3.8, 4) is 6.07 Å². The number of hydrogen-bond donors (Lipinski definition) is 4. The van der Waals surface area contributed by atoms with Crippen LogP contribution in [0, 0.1) is 16.7 Å². The molecule has 0 aliphatic rings. The van der Waals surface area contributed by atoms with Gasteiger partial charge in [0.15, 0.2) is 16.9 Å². The molecule has 0 radical (unpaired) electrons. The Balaban J connectivity index is 2.80. The van der Waals surface area contributed by atoms with E-state index in [1.165, 1.54) is 24.3 Å². The highest BCUT2D eigenvalue weighted by molar-refractivity contribution is 7.79. The zero-order valence-electron chi connectivity index (χ0n) is 8.54. The minimum Gasteiger partial charge on any atom is -0.382 e. The fraction of sp³-hybridized carbons (Fsp3) is 0. The van der Waals surface area contributed by atoms with Gasteiger partial charge >= 0.3 is 0 Å². The molecule has 0 saturated carbocycles. The van der Waals surface area contributed by atoms with Gasteiger partial charge in [0.05, 0.1) is 10.6 Å². The van der Waals surface area contributed by atoms with Crippen molar-refractivity contribution in [2.45, 2.75) is 4.90 Å². The molecule has 0 saturated heterocycles. The lowest BCUT2D eigenvalue weighted by atomic mass is 10.3. The van der Waals surface area contributed by atoms with Crippen LogP contribution in [0.5, 0.6) is 0 Å². The smallest absolute Gasteiger partial charge is 0.201 e. The maximum atomic E-state index is 10.7. The Morgan fingerprint density at radius 3 is 2.53 bits per heavy atom. The monoisotopic (exact) mass is 251 g/mol. The number of amidine groups is 1. The van der Waals surface area contributed by atoms with Gasteiger partial charge in [-0.25, -0.2) is 4.21 Å². The quantitative estimate of drug-likeness (QED) is 0.267. The van der Waals surface area contributed by atoms with E-state index in [0.717, 1.165) is 0 Å². The van der Waals surface area contributed by atoms with Crippen molar-refractivity contribution in [3.63, 3.8) is 0 Å². The lowest BCUT2D eigenvalue weighted by Crippen LogP contribution is -2.21. The summed E-state index contributed by atoms with van der Waals surface area (Å²) < 4.78 is 19.5. The Labute approximate surface area is 99.7 Å². The van der Waals surface area contributed by atoms with Crippen LogP contribution in [0.4, 0.5) is 5.69 Å². The highest BCUT2D eigenvalue weighted by Crippen LogP contribution is 2.11. The van der Waals surface area contributed by atoms with Crippen LogP contribution >= 0.6 is 0 Å². The van der Waals surface area contributed by atoms with Gasteiger partial charge in [-0.2, -0.15) is 10.4 Å². The lowest BCUT2D eigenvalue weighted by molar-refractivity contribution is 0.564. The Morgan fingerprint density at radius 2 is 2.12 bits per heavy atom. The first kappa shape index (κ1) is 12.8. The third-order valence-electron chi connectivity index (χ3n) is 1.71. The fourth-order valence-corrected chi connectivity index (χ4v) is 1.28. The van der Waals surface area contributed by atoms with Gasteiger partial charge in [-0.3, -0.25) is 10.8 Å². The standard InChI is InChI=1S/C9H9N5O2S/c10-5-8(9(11)12)14-13-6-1-3-7(4-2-6)17(15)16/h1-4,13H,(H3,11,12)(H,15,16)/b14-8+. The third kappa shape index (κ3) is 3.67.